The minimum absolute atomic E-state index is 0.0125. The van der Waals surface area contributed by atoms with E-state index in [0.717, 1.165) is 19.3 Å². The molecule has 0 spiro atoms. The lowest BCUT2D eigenvalue weighted by molar-refractivity contribution is -0.129. The molecule has 0 radical (unpaired) electrons. The van der Waals surface area contributed by atoms with Crippen LogP contribution in [0.2, 0.25) is 5.02 Å². The van der Waals surface area contributed by atoms with Crippen LogP contribution in [0.3, 0.4) is 0 Å². The summed E-state index contributed by atoms with van der Waals surface area (Å²) in [6.45, 7) is -2.65. The van der Waals surface area contributed by atoms with E-state index in [9.17, 15) is 13.6 Å². The van der Waals surface area contributed by atoms with Crippen LogP contribution in [0.25, 0.3) is 0 Å². The van der Waals surface area contributed by atoms with E-state index in [-0.39, 0.29) is 16.7 Å². The first-order valence-electron chi connectivity index (χ1n) is 6.23. The smallest absolute Gasteiger partial charge is 0.387 e. The van der Waals surface area contributed by atoms with Crippen LogP contribution in [0.1, 0.15) is 19.3 Å². The van der Waals surface area contributed by atoms with E-state index in [2.05, 4.69) is 10.1 Å². The zero-order valence-corrected chi connectivity index (χ0v) is 11.4. The fourth-order valence-corrected chi connectivity index (χ4v) is 2.39. The number of nitrogens with two attached hydrogens (primary N) is 1. The zero-order chi connectivity index (χ0) is 14.8. The van der Waals surface area contributed by atoms with E-state index in [1.165, 1.54) is 18.2 Å². The van der Waals surface area contributed by atoms with Gasteiger partial charge in [0.1, 0.15) is 5.75 Å². The summed E-state index contributed by atoms with van der Waals surface area (Å²) in [5, 5.41) is 2.72. The van der Waals surface area contributed by atoms with Crippen LogP contribution in [-0.4, -0.2) is 19.1 Å². The molecule has 1 aromatic rings. The summed E-state index contributed by atoms with van der Waals surface area (Å²) >= 11 is 5.82. The molecule has 0 unspecified atom stereocenters. The topological polar surface area (TPSA) is 64.4 Å². The third-order valence-electron chi connectivity index (χ3n) is 3.59. The van der Waals surface area contributed by atoms with Crippen LogP contribution >= 0.6 is 11.6 Å². The predicted octanol–water partition coefficient (Wildman–Crippen LogP) is 3.01. The van der Waals surface area contributed by atoms with Crippen molar-refractivity contribution >= 4 is 23.2 Å². The van der Waals surface area contributed by atoms with Crippen LogP contribution in [0.4, 0.5) is 14.5 Å². The molecule has 0 bridgehead atoms. The van der Waals surface area contributed by atoms with Gasteiger partial charge in [-0.25, -0.2) is 0 Å². The van der Waals surface area contributed by atoms with Gasteiger partial charge in [-0.05, 0) is 31.0 Å². The van der Waals surface area contributed by atoms with Gasteiger partial charge in [0.25, 0.3) is 0 Å². The Morgan fingerprint density at radius 1 is 1.50 bits per heavy atom. The van der Waals surface area contributed by atoms with Gasteiger partial charge in [-0.3, -0.25) is 4.79 Å². The highest BCUT2D eigenvalue weighted by molar-refractivity contribution is 6.32. The zero-order valence-electron chi connectivity index (χ0n) is 10.7. The van der Waals surface area contributed by atoms with Crippen molar-refractivity contribution in [1.82, 2.24) is 0 Å². The Kier molecular flexibility index (Phi) is 4.45. The summed E-state index contributed by atoms with van der Waals surface area (Å²) in [4.78, 5) is 12.1. The van der Waals surface area contributed by atoms with Crippen molar-refractivity contribution in [3.05, 3.63) is 23.2 Å². The summed E-state index contributed by atoms with van der Waals surface area (Å²) in [7, 11) is 0. The van der Waals surface area contributed by atoms with Crippen molar-refractivity contribution in [2.24, 2.45) is 11.1 Å². The monoisotopic (exact) mass is 304 g/mol. The number of nitrogens with one attached hydrogen (secondary N) is 1. The molecule has 0 heterocycles. The van der Waals surface area contributed by atoms with Crippen LogP contribution in [-0.2, 0) is 4.79 Å². The van der Waals surface area contributed by atoms with Crippen molar-refractivity contribution in [2.45, 2.75) is 25.9 Å². The summed E-state index contributed by atoms with van der Waals surface area (Å²) in [6.07, 6.45) is 2.50. The molecule has 0 aromatic heterocycles. The molecule has 20 heavy (non-hydrogen) atoms. The first-order chi connectivity index (χ1) is 9.47. The molecule has 1 amide bonds. The van der Waals surface area contributed by atoms with E-state index in [0.29, 0.717) is 12.2 Å². The lowest BCUT2D eigenvalue weighted by Crippen LogP contribution is -2.47. The number of anilines is 1. The number of hydrogen-bond donors (Lipinski definition) is 2. The van der Waals surface area contributed by atoms with Crippen LogP contribution < -0.4 is 15.8 Å². The lowest BCUT2D eigenvalue weighted by atomic mass is 9.68. The summed E-state index contributed by atoms with van der Waals surface area (Å²) < 4.78 is 28.4. The highest BCUT2D eigenvalue weighted by atomic mass is 35.5. The van der Waals surface area contributed by atoms with Crippen molar-refractivity contribution in [3.8, 4) is 5.75 Å². The van der Waals surface area contributed by atoms with Gasteiger partial charge in [-0.15, -0.1) is 0 Å². The molecule has 1 aliphatic carbocycles. The Hall–Kier alpha value is -1.40. The molecule has 0 aliphatic heterocycles. The highest BCUT2D eigenvalue weighted by Crippen LogP contribution is 2.41. The van der Waals surface area contributed by atoms with E-state index < -0.39 is 12.0 Å². The largest absolute Gasteiger partial charge is 0.433 e. The highest BCUT2D eigenvalue weighted by Gasteiger charge is 2.42. The van der Waals surface area contributed by atoms with Gasteiger partial charge in [-0.2, -0.15) is 8.78 Å². The van der Waals surface area contributed by atoms with E-state index >= 15 is 0 Å². The summed E-state index contributed by atoms with van der Waals surface area (Å²) in [5.74, 6) is -0.290. The molecule has 7 heteroatoms. The molecule has 1 aromatic carbocycles. The molecule has 1 aliphatic rings. The fourth-order valence-electron chi connectivity index (χ4n) is 2.16. The number of benzene rings is 1. The molecule has 110 valence electrons. The maximum Gasteiger partial charge on any atom is 0.387 e. The first-order valence-corrected chi connectivity index (χ1v) is 6.60. The van der Waals surface area contributed by atoms with Crippen molar-refractivity contribution in [2.75, 3.05) is 11.9 Å². The standard InChI is InChI=1S/C13H15ClF2N2O2/c14-9-6-8(2-3-10(9)20-12(15)16)18-11(19)13(7-17)4-1-5-13/h2-3,6,12H,1,4-5,7,17H2,(H,18,19). The van der Waals surface area contributed by atoms with Crippen molar-refractivity contribution in [1.29, 1.82) is 0 Å². The second-order valence-electron chi connectivity index (χ2n) is 4.82. The Balaban J connectivity index is 2.07. The van der Waals surface area contributed by atoms with Crippen molar-refractivity contribution < 1.29 is 18.3 Å². The number of carbonyl (C=O) groups excluding carboxylic acids is 1. The molecular formula is C13H15ClF2N2O2. The molecule has 0 saturated heterocycles. The van der Waals surface area contributed by atoms with Crippen LogP contribution in [0.5, 0.6) is 5.75 Å². The number of alkyl halides is 2. The SMILES string of the molecule is NCC1(C(=O)Nc2ccc(OC(F)F)c(Cl)c2)CCC1. The number of amides is 1. The third-order valence-corrected chi connectivity index (χ3v) is 3.88. The Labute approximate surface area is 120 Å². The van der Waals surface area contributed by atoms with Gasteiger partial charge in [0, 0.05) is 12.2 Å². The van der Waals surface area contributed by atoms with Gasteiger partial charge < -0.3 is 15.8 Å². The van der Waals surface area contributed by atoms with E-state index in [4.69, 9.17) is 17.3 Å². The number of rotatable bonds is 5. The number of halogens is 3. The lowest BCUT2D eigenvalue weighted by Gasteiger charge is -2.39. The average Bonchev–Trinajstić information content (AvgIpc) is 2.31. The van der Waals surface area contributed by atoms with E-state index in [1.54, 1.807) is 0 Å². The van der Waals surface area contributed by atoms with Crippen molar-refractivity contribution in [3.63, 3.8) is 0 Å². The molecule has 2 rings (SSSR count). The normalized spacial score (nSPS) is 16.6. The Bertz CT molecular complexity index is 502. The van der Waals surface area contributed by atoms with Gasteiger partial charge in [0.05, 0.1) is 10.4 Å². The molecule has 0 atom stereocenters. The Morgan fingerprint density at radius 2 is 2.20 bits per heavy atom. The molecule has 3 N–H and O–H groups in total. The molecule has 1 saturated carbocycles. The average molecular weight is 305 g/mol. The minimum Gasteiger partial charge on any atom is -0.433 e. The van der Waals surface area contributed by atoms with Gasteiger partial charge >= 0.3 is 6.61 Å². The maximum atomic E-state index is 12.1. The molecular weight excluding hydrogens is 290 g/mol. The first kappa shape index (κ1) is 15.0. The second-order valence-corrected chi connectivity index (χ2v) is 5.22. The second kappa shape index (κ2) is 5.93. The number of hydrogen-bond acceptors (Lipinski definition) is 3. The maximum absolute atomic E-state index is 12.1. The Morgan fingerprint density at radius 3 is 2.65 bits per heavy atom. The summed E-state index contributed by atoms with van der Waals surface area (Å²) in [5.41, 5.74) is 5.56. The van der Waals surface area contributed by atoms with Gasteiger partial charge in [-0.1, -0.05) is 18.0 Å². The number of ether oxygens (including phenoxy) is 1. The van der Waals surface area contributed by atoms with Gasteiger partial charge in [0.15, 0.2) is 0 Å². The fraction of sp³-hybridized carbons (Fsp3) is 0.462. The third kappa shape index (κ3) is 3.02. The van der Waals surface area contributed by atoms with Crippen LogP contribution in [0.15, 0.2) is 18.2 Å². The van der Waals surface area contributed by atoms with Gasteiger partial charge in [0.2, 0.25) is 5.91 Å². The number of carbonyl (C=O) groups is 1. The quantitative estimate of drug-likeness (QED) is 0.879. The minimum atomic E-state index is -2.94. The van der Waals surface area contributed by atoms with Crippen LogP contribution in [0, 0.1) is 5.41 Å². The van der Waals surface area contributed by atoms with E-state index in [1.807, 2.05) is 0 Å². The predicted molar refractivity (Wildman–Crippen MR) is 72.1 cm³/mol. The molecule has 4 nitrogen and oxygen atoms in total. The summed E-state index contributed by atoms with van der Waals surface area (Å²) in [6, 6.07) is 4.13. The molecule has 1 fully saturated rings.